The summed E-state index contributed by atoms with van der Waals surface area (Å²) in [7, 11) is -2.30. The summed E-state index contributed by atoms with van der Waals surface area (Å²) >= 11 is 0. The zero-order valence-corrected chi connectivity index (χ0v) is 16.8. The Bertz CT molecular complexity index is 774. The average Bonchev–Trinajstić information content (AvgIpc) is 2.61. The van der Waals surface area contributed by atoms with Crippen LogP contribution in [0.4, 0.5) is 0 Å². The predicted octanol–water partition coefficient (Wildman–Crippen LogP) is 1.36. The van der Waals surface area contributed by atoms with Crippen LogP contribution >= 0.6 is 0 Å². The number of hydrogen-bond acceptors (Lipinski definition) is 6. The first kappa shape index (κ1) is 22.8. The van der Waals surface area contributed by atoms with Gasteiger partial charge in [-0.2, -0.15) is 0 Å². The summed E-state index contributed by atoms with van der Waals surface area (Å²) in [4.78, 5) is 34.6. The fourth-order valence-corrected chi connectivity index (χ4v) is 3.44. The summed E-state index contributed by atoms with van der Waals surface area (Å²) in [6.45, 7) is 5.19. The molecule has 1 aromatic rings. The Labute approximate surface area is 159 Å². The molecule has 150 valence electrons. The Hall–Kier alpha value is -2.26. The molecule has 0 bridgehead atoms. The summed E-state index contributed by atoms with van der Waals surface area (Å²) in [5.41, 5.74) is 0.431. The van der Waals surface area contributed by atoms with Crippen molar-refractivity contribution in [2.75, 3.05) is 20.1 Å². The third-order valence-electron chi connectivity index (χ3n) is 3.85. The molecule has 0 aliphatic carbocycles. The lowest BCUT2D eigenvalue weighted by Crippen LogP contribution is -2.35. The second-order valence-corrected chi connectivity index (χ2v) is 8.08. The number of sulfonamides is 1. The average molecular weight is 398 g/mol. The van der Waals surface area contributed by atoms with Gasteiger partial charge in [-0.3, -0.25) is 14.4 Å². The summed E-state index contributed by atoms with van der Waals surface area (Å²) in [5, 5.41) is 2.55. The molecule has 0 fully saturated rings. The lowest BCUT2D eigenvalue weighted by Gasteiger charge is -2.17. The van der Waals surface area contributed by atoms with E-state index in [1.165, 1.54) is 45.2 Å². The molecule has 0 saturated heterocycles. The molecule has 0 spiro atoms. The summed E-state index contributed by atoms with van der Waals surface area (Å²) in [6, 6.07) is 5.68. The Morgan fingerprint density at radius 3 is 2.30 bits per heavy atom. The Morgan fingerprint density at radius 2 is 1.78 bits per heavy atom. The SMILES string of the molecule is CCNC(=O)[C@H](C)OC(=O)CCCN(C)S(=O)(=O)c1ccc(C(C)=O)cc1. The molecule has 0 aliphatic rings. The van der Waals surface area contributed by atoms with Gasteiger partial charge < -0.3 is 10.1 Å². The number of nitrogens with zero attached hydrogens (tertiary/aromatic N) is 1. The molecule has 8 nitrogen and oxygen atoms in total. The molecule has 1 N–H and O–H groups in total. The van der Waals surface area contributed by atoms with Gasteiger partial charge >= 0.3 is 5.97 Å². The highest BCUT2D eigenvalue weighted by molar-refractivity contribution is 7.89. The highest BCUT2D eigenvalue weighted by Crippen LogP contribution is 2.16. The standard InChI is InChI=1S/C18H26N2O6S/c1-5-19-18(23)14(3)26-17(22)7-6-12-20(4)27(24,25)16-10-8-15(9-11-16)13(2)21/h8-11,14H,5-7,12H2,1-4H3,(H,19,23)/t14-/m0/s1. The fourth-order valence-electron chi connectivity index (χ4n) is 2.24. The van der Waals surface area contributed by atoms with Gasteiger partial charge in [0.05, 0.1) is 4.90 Å². The van der Waals surface area contributed by atoms with Crippen LogP contribution in [0.3, 0.4) is 0 Å². The maximum atomic E-state index is 12.5. The van der Waals surface area contributed by atoms with Crippen LogP contribution in [-0.4, -0.2) is 56.6 Å². The van der Waals surface area contributed by atoms with Crippen LogP contribution in [0.5, 0.6) is 0 Å². The van der Waals surface area contributed by atoms with Gasteiger partial charge in [-0.25, -0.2) is 12.7 Å². The van der Waals surface area contributed by atoms with E-state index in [0.717, 1.165) is 4.31 Å². The molecule has 1 aromatic carbocycles. The Morgan fingerprint density at radius 1 is 1.19 bits per heavy atom. The van der Waals surface area contributed by atoms with Gasteiger partial charge in [0, 0.05) is 32.1 Å². The van der Waals surface area contributed by atoms with E-state index < -0.39 is 22.1 Å². The molecule has 1 atom stereocenters. The van der Waals surface area contributed by atoms with E-state index in [1.807, 2.05) is 0 Å². The van der Waals surface area contributed by atoms with Crippen LogP contribution < -0.4 is 5.32 Å². The van der Waals surface area contributed by atoms with E-state index in [4.69, 9.17) is 4.74 Å². The molecule has 0 heterocycles. The Kier molecular flexibility index (Phi) is 8.58. The smallest absolute Gasteiger partial charge is 0.306 e. The number of hydrogen-bond donors (Lipinski definition) is 1. The lowest BCUT2D eigenvalue weighted by molar-refractivity contribution is -0.154. The number of esters is 1. The third kappa shape index (κ3) is 6.76. The lowest BCUT2D eigenvalue weighted by atomic mass is 10.2. The number of rotatable bonds is 10. The molecule has 1 rings (SSSR count). The van der Waals surface area contributed by atoms with Crippen molar-refractivity contribution in [1.29, 1.82) is 0 Å². The minimum Gasteiger partial charge on any atom is -0.453 e. The number of ether oxygens (including phenoxy) is 1. The number of likely N-dealkylation sites (N-methyl/N-ethyl adjacent to an activating group) is 1. The van der Waals surface area contributed by atoms with Gasteiger partial charge in [0.1, 0.15) is 0 Å². The number of amides is 1. The third-order valence-corrected chi connectivity index (χ3v) is 5.72. The van der Waals surface area contributed by atoms with Crippen LogP contribution in [0.25, 0.3) is 0 Å². The van der Waals surface area contributed by atoms with Crippen LogP contribution in [0.2, 0.25) is 0 Å². The van der Waals surface area contributed by atoms with Crippen LogP contribution in [0.1, 0.15) is 44.0 Å². The van der Waals surface area contributed by atoms with Crippen molar-refractivity contribution in [1.82, 2.24) is 9.62 Å². The summed E-state index contributed by atoms with van der Waals surface area (Å²) in [6.07, 6.45) is -0.645. The first-order valence-electron chi connectivity index (χ1n) is 8.64. The van der Waals surface area contributed by atoms with Crippen molar-refractivity contribution < 1.29 is 27.5 Å². The second-order valence-electron chi connectivity index (χ2n) is 6.04. The zero-order valence-electron chi connectivity index (χ0n) is 16.0. The molecular formula is C18H26N2O6S. The van der Waals surface area contributed by atoms with Gasteiger partial charge in [-0.1, -0.05) is 12.1 Å². The normalized spacial score (nSPS) is 12.5. The van der Waals surface area contributed by atoms with Gasteiger partial charge in [0.15, 0.2) is 11.9 Å². The monoisotopic (exact) mass is 398 g/mol. The minimum atomic E-state index is -3.72. The number of carbonyl (C=O) groups is 3. The van der Waals surface area contributed by atoms with Crippen molar-refractivity contribution in [3.63, 3.8) is 0 Å². The Balaban J connectivity index is 2.55. The van der Waals surface area contributed by atoms with Crippen molar-refractivity contribution in [2.24, 2.45) is 0 Å². The van der Waals surface area contributed by atoms with Gasteiger partial charge in [-0.15, -0.1) is 0 Å². The van der Waals surface area contributed by atoms with Gasteiger partial charge in [-0.05, 0) is 39.3 Å². The maximum absolute atomic E-state index is 12.5. The van der Waals surface area contributed by atoms with Gasteiger partial charge in [0.2, 0.25) is 10.0 Å². The number of benzene rings is 1. The molecule has 0 saturated carbocycles. The van der Waals surface area contributed by atoms with Crippen LogP contribution in [0.15, 0.2) is 29.2 Å². The van der Waals surface area contributed by atoms with E-state index in [1.54, 1.807) is 6.92 Å². The molecular weight excluding hydrogens is 372 g/mol. The maximum Gasteiger partial charge on any atom is 0.306 e. The van der Waals surface area contributed by atoms with Crippen LogP contribution in [0, 0.1) is 0 Å². The molecule has 0 unspecified atom stereocenters. The van der Waals surface area contributed by atoms with Crippen molar-refractivity contribution >= 4 is 27.7 Å². The van der Waals surface area contributed by atoms with E-state index in [0.29, 0.717) is 12.1 Å². The van der Waals surface area contributed by atoms with Gasteiger partial charge in [0.25, 0.3) is 5.91 Å². The molecule has 0 aliphatic heterocycles. The van der Waals surface area contributed by atoms with Crippen LogP contribution in [-0.2, 0) is 24.3 Å². The van der Waals surface area contributed by atoms with Crippen molar-refractivity contribution in [3.05, 3.63) is 29.8 Å². The minimum absolute atomic E-state index is 0.00706. The predicted molar refractivity (Wildman–Crippen MR) is 99.7 cm³/mol. The quantitative estimate of drug-likeness (QED) is 0.471. The first-order chi connectivity index (χ1) is 12.6. The van der Waals surface area contributed by atoms with E-state index >= 15 is 0 Å². The summed E-state index contributed by atoms with van der Waals surface area (Å²) < 4.78 is 31.1. The first-order valence-corrected chi connectivity index (χ1v) is 10.1. The van der Waals surface area contributed by atoms with E-state index in [2.05, 4.69) is 5.32 Å². The van der Waals surface area contributed by atoms with Crippen molar-refractivity contribution in [2.45, 2.75) is 44.6 Å². The largest absolute Gasteiger partial charge is 0.453 e. The highest BCUT2D eigenvalue weighted by Gasteiger charge is 2.22. The van der Waals surface area contributed by atoms with E-state index in [-0.39, 0.29) is 36.0 Å². The summed E-state index contributed by atoms with van der Waals surface area (Å²) in [5.74, 6) is -1.09. The second kappa shape index (κ2) is 10.2. The highest BCUT2D eigenvalue weighted by atomic mass is 32.2. The fraction of sp³-hybridized carbons (Fsp3) is 0.500. The zero-order chi connectivity index (χ0) is 20.6. The number of Topliss-reactive ketones (excluding diaryl/α,β-unsaturated/α-hetero) is 1. The number of ketones is 1. The molecule has 0 aromatic heterocycles. The molecule has 27 heavy (non-hydrogen) atoms. The number of carbonyl (C=O) groups excluding carboxylic acids is 3. The molecule has 1 amide bonds. The topological polar surface area (TPSA) is 110 Å². The van der Waals surface area contributed by atoms with Crippen molar-refractivity contribution in [3.8, 4) is 0 Å². The molecule has 0 radical (unpaired) electrons. The van der Waals surface area contributed by atoms with E-state index in [9.17, 15) is 22.8 Å². The number of nitrogens with one attached hydrogen (secondary N) is 1. The molecule has 9 heteroatoms.